The summed E-state index contributed by atoms with van der Waals surface area (Å²) in [7, 11) is -2.47. The number of amides is 1. The monoisotopic (exact) mass is 665 g/mol. The number of aliphatic hydroxyl groups excluding tert-OH is 1. The number of terminal acetylenes is 1. The van der Waals surface area contributed by atoms with Crippen molar-refractivity contribution in [2.45, 2.75) is 23.5 Å². The minimum absolute atomic E-state index is 0.0267. The normalized spacial score (nSPS) is 16.0. The fraction of sp³-hybridized carbons (Fsp3) is 0.312. The quantitative estimate of drug-likeness (QED) is 0.0885. The molecule has 3 N–H and O–H groups in total. The van der Waals surface area contributed by atoms with Gasteiger partial charge in [0.05, 0.1) is 30.1 Å². The first-order valence-corrected chi connectivity index (χ1v) is 16.0. The first-order chi connectivity index (χ1) is 22.6. The second-order valence-electron chi connectivity index (χ2n) is 10.2. The zero-order valence-corrected chi connectivity index (χ0v) is 26.4. The first kappa shape index (κ1) is 34.9. The number of pyridine rings is 1. The molecule has 1 aliphatic heterocycles. The average molecular weight is 666 g/mol. The van der Waals surface area contributed by atoms with Crippen LogP contribution in [0.5, 0.6) is 5.75 Å². The molecule has 15 heteroatoms. The Morgan fingerprint density at radius 3 is 2.51 bits per heavy atom. The molecule has 4 rings (SSSR count). The molecule has 1 aromatic heterocycles. The van der Waals surface area contributed by atoms with E-state index < -0.39 is 33.8 Å². The van der Waals surface area contributed by atoms with Gasteiger partial charge >= 0.3 is 0 Å². The van der Waals surface area contributed by atoms with E-state index in [2.05, 4.69) is 21.5 Å². The van der Waals surface area contributed by atoms with Crippen molar-refractivity contribution >= 4 is 27.4 Å². The number of ether oxygens (including phenoxy) is 3. The van der Waals surface area contributed by atoms with Crippen LogP contribution in [-0.2, 0) is 24.3 Å². The maximum Gasteiger partial charge on any atom is 0.287 e. The van der Waals surface area contributed by atoms with Gasteiger partial charge in [-0.15, -0.1) is 6.42 Å². The van der Waals surface area contributed by atoms with Crippen LogP contribution in [0.4, 0.5) is 11.5 Å². The number of allylic oxidation sites excluding steroid dienone is 1. The molecule has 0 spiro atoms. The van der Waals surface area contributed by atoms with Crippen LogP contribution in [0.1, 0.15) is 23.5 Å². The van der Waals surface area contributed by atoms with Crippen molar-refractivity contribution < 1.29 is 37.5 Å². The Morgan fingerprint density at radius 2 is 1.89 bits per heavy atom. The van der Waals surface area contributed by atoms with Crippen LogP contribution in [0, 0.1) is 22.5 Å². The van der Waals surface area contributed by atoms with Crippen LogP contribution in [0.2, 0.25) is 0 Å². The molecule has 2 atom stereocenters. The zero-order chi connectivity index (χ0) is 33.8. The molecule has 2 heterocycles. The number of nitrogens with zero attached hydrogens (tertiary/aromatic N) is 3. The summed E-state index contributed by atoms with van der Waals surface area (Å²) in [5.41, 5.74) is 1.44. The van der Waals surface area contributed by atoms with E-state index in [9.17, 15) is 28.4 Å². The molecular weight excluding hydrogens is 630 g/mol. The fourth-order valence-corrected chi connectivity index (χ4v) is 6.09. The van der Waals surface area contributed by atoms with Gasteiger partial charge in [0.15, 0.2) is 5.76 Å². The molecule has 1 amide bonds. The van der Waals surface area contributed by atoms with Crippen molar-refractivity contribution in [2.24, 2.45) is 0 Å². The summed E-state index contributed by atoms with van der Waals surface area (Å²) in [6.45, 7) is -0.236. The van der Waals surface area contributed by atoms with E-state index in [1.165, 1.54) is 43.5 Å². The predicted molar refractivity (Wildman–Crippen MR) is 172 cm³/mol. The standard InChI is InChI=1S/C32H35N5O9S/c1-3-23-4-6-24(7-5-23)25-20-29(32(39)34-15-14-33-30-13-8-26(22-35-30)37(40)41)46-31(21-25)45-19-17-36(16-18-38)47(42,43)28-11-9-27(44-2)10-12-28/h1,4-13,20,22,25,31,38H,14-19,21H2,2H3,(H,33,35)(H,34,39)/t25-,31+/m0/s1. The Labute approximate surface area is 272 Å². The lowest BCUT2D eigenvalue weighted by Gasteiger charge is -2.30. The van der Waals surface area contributed by atoms with Crippen LogP contribution in [0.15, 0.2) is 83.6 Å². The minimum Gasteiger partial charge on any atom is -0.497 e. The molecule has 0 saturated carbocycles. The lowest BCUT2D eigenvalue weighted by atomic mass is 9.92. The number of methoxy groups -OCH3 is 1. The minimum atomic E-state index is -3.95. The molecule has 1 aliphatic rings. The molecule has 14 nitrogen and oxygen atoms in total. The van der Waals surface area contributed by atoms with E-state index in [4.69, 9.17) is 20.6 Å². The largest absolute Gasteiger partial charge is 0.497 e. The Kier molecular flexibility index (Phi) is 12.3. The van der Waals surface area contributed by atoms with Crippen LogP contribution in [0.3, 0.4) is 0 Å². The number of sulfonamides is 1. The van der Waals surface area contributed by atoms with Gasteiger partial charge in [-0.1, -0.05) is 18.1 Å². The molecule has 0 fully saturated rings. The zero-order valence-electron chi connectivity index (χ0n) is 25.6. The molecule has 47 heavy (non-hydrogen) atoms. The predicted octanol–water partition coefficient (Wildman–Crippen LogP) is 2.62. The number of carbonyl (C=O) groups excluding carboxylic acids is 1. The topological polar surface area (TPSA) is 182 Å². The summed E-state index contributed by atoms with van der Waals surface area (Å²) in [4.78, 5) is 27.4. The molecule has 3 aromatic rings. The first-order valence-electron chi connectivity index (χ1n) is 14.6. The number of benzene rings is 2. The number of nitrogens with one attached hydrogen (secondary N) is 2. The van der Waals surface area contributed by atoms with Crippen molar-refractivity contribution in [2.75, 3.05) is 51.8 Å². The average Bonchev–Trinajstić information content (AvgIpc) is 3.09. The maximum atomic E-state index is 13.3. The smallest absolute Gasteiger partial charge is 0.287 e. The van der Waals surface area contributed by atoms with Crippen molar-refractivity contribution in [3.63, 3.8) is 0 Å². The molecule has 0 unspecified atom stereocenters. The number of aliphatic hydroxyl groups is 1. The van der Waals surface area contributed by atoms with E-state index in [-0.39, 0.29) is 55.0 Å². The van der Waals surface area contributed by atoms with Gasteiger partial charge in [-0.25, -0.2) is 13.4 Å². The number of anilines is 1. The highest BCUT2D eigenvalue weighted by molar-refractivity contribution is 7.89. The second kappa shape index (κ2) is 16.5. The number of aromatic nitrogens is 1. The van der Waals surface area contributed by atoms with Crippen molar-refractivity contribution in [1.82, 2.24) is 14.6 Å². The highest BCUT2D eigenvalue weighted by atomic mass is 32.2. The van der Waals surface area contributed by atoms with E-state index >= 15 is 0 Å². The summed E-state index contributed by atoms with van der Waals surface area (Å²) in [6, 6.07) is 16.0. The van der Waals surface area contributed by atoms with Crippen molar-refractivity contribution in [3.05, 3.63) is 99.9 Å². The molecular formula is C32H35N5O9S. The van der Waals surface area contributed by atoms with E-state index in [1.807, 2.05) is 12.1 Å². The Hall–Kier alpha value is -5.01. The highest BCUT2D eigenvalue weighted by Gasteiger charge is 2.30. The van der Waals surface area contributed by atoms with Gasteiger partial charge in [-0.05, 0) is 54.1 Å². The van der Waals surface area contributed by atoms with E-state index in [0.29, 0.717) is 23.6 Å². The number of hydrogen-bond donors (Lipinski definition) is 3. The number of carbonyl (C=O) groups is 1. The molecule has 0 radical (unpaired) electrons. The second-order valence-corrected chi connectivity index (χ2v) is 12.1. The van der Waals surface area contributed by atoms with E-state index in [0.717, 1.165) is 16.1 Å². The van der Waals surface area contributed by atoms with Gasteiger partial charge in [0.1, 0.15) is 17.8 Å². The molecule has 248 valence electrons. The lowest BCUT2D eigenvalue weighted by molar-refractivity contribution is -0.385. The summed E-state index contributed by atoms with van der Waals surface area (Å²) in [5, 5.41) is 26.1. The van der Waals surface area contributed by atoms with Crippen molar-refractivity contribution in [1.29, 1.82) is 0 Å². The van der Waals surface area contributed by atoms with Gasteiger partial charge in [0.2, 0.25) is 16.3 Å². The van der Waals surface area contributed by atoms with Crippen LogP contribution in [-0.4, -0.2) is 86.4 Å². The molecule has 2 aromatic carbocycles. The SMILES string of the molecule is C#Cc1ccc([C@H]2C=C(C(=O)NCCNc3ccc([N+](=O)[O-])cn3)O[C@@H](OCCN(CCO)S(=O)(=O)c3ccc(OC)cc3)C2)cc1. The van der Waals surface area contributed by atoms with Crippen LogP contribution >= 0.6 is 0 Å². The fourth-order valence-electron chi connectivity index (χ4n) is 4.68. The number of nitro groups is 1. The highest BCUT2D eigenvalue weighted by Crippen LogP contribution is 2.32. The lowest BCUT2D eigenvalue weighted by Crippen LogP contribution is -2.38. The summed E-state index contributed by atoms with van der Waals surface area (Å²) < 4.78 is 44.6. The number of rotatable bonds is 16. The van der Waals surface area contributed by atoms with E-state index in [1.54, 1.807) is 18.2 Å². The molecule has 0 bridgehead atoms. The third-order valence-corrected chi connectivity index (χ3v) is 9.07. The van der Waals surface area contributed by atoms with Gasteiger partial charge in [0, 0.05) is 50.1 Å². The van der Waals surface area contributed by atoms with Crippen LogP contribution in [0.25, 0.3) is 0 Å². The summed E-state index contributed by atoms with van der Waals surface area (Å²) in [5.74, 6) is 2.74. The Morgan fingerprint density at radius 1 is 1.15 bits per heavy atom. The van der Waals surface area contributed by atoms with Gasteiger partial charge in [-0.2, -0.15) is 4.31 Å². The Bertz CT molecular complexity index is 1690. The number of hydrogen-bond acceptors (Lipinski definition) is 11. The van der Waals surface area contributed by atoms with Gasteiger partial charge < -0.3 is 30.0 Å². The van der Waals surface area contributed by atoms with Gasteiger partial charge in [0.25, 0.3) is 11.6 Å². The van der Waals surface area contributed by atoms with Crippen LogP contribution < -0.4 is 15.4 Å². The molecule has 0 saturated heterocycles. The van der Waals surface area contributed by atoms with Gasteiger partial charge in [-0.3, -0.25) is 14.9 Å². The third-order valence-electron chi connectivity index (χ3n) is 7.15. The Balaban J connectivity index is 1.40. The summed E-state index contributed by atoms with van der Waals surface area (Å²) in [6.07, 6.45) is 7.77. The molecule has 0 aliphatic carbocycles. The third kappa shape index (κ3) is 9.50. The maximum absolute atomic E-state index is 13.3. The summed E-state index contributed by atoms with van der Waals surface area (Å²) >= 11 is 0. The van der Waals surface area contributed by atoms with Crippen molar-refractivity contribution in [3.8, 4) is 18.1 Å².